The third kappa shape index (κ3) is 3.64. The number of ether oxygens (including phenoxy) is 1. The van der Waals surface area contributed by atoms with Crippen LogP contribution in [-0.2, 0) is 9.59 Å². The van der Waals surface area contributed by atoms with E-state index in [0.717, 1.165) is 5.75 Å². The molecule has 0 aromatic heterocycles. The number of β-lactam (4-membered cyclic amide) rings is 1. The van der Waals surface area contributed by atoms with Crippen LogP contribution in [0.15, 0.2) is 30.3 Å². The minimum absolute atomic E-state index is 0.0295. The highest BCUT2D eigenvalue weighted by molar-refractivity contribution is 8.00. The third-order valence-electron chi connectivity index (χ3n) is 2.65. The lowest BCUT2D eigenvalue weighted by molar-refractivity contribution is -0.134. The molecule has 0 unspecified atom stereocenters. The van der Waals surface area contributed by atoms with E-state index < -0.39 is 6.04 Å². The van der Waals surface area contributed by atoms with E-state index in [1.54, 1.807) is 23.9 Å². The Bertz CT molecular complexity index is 452. The van der Waals surface area contributed by atoms with Crippen molar-refractivity contribution in [3.05, 3.63) is 30.3 Å². The molecule has 102 valence electrons. The molecule has 0 radical (unpaired) electrons. The summed E-state index contributed by atoms with van der Waals surface area (Å²) in [6, 6.07) is 8.65. The van der Waals surface area contributed by atoms with Crippen LogP contribution in [0.4, 0.5) is 0 Å². The van der Waals surface area contributed by atoms with Crippen LogP contribution in [0.25, 0.3) is 0 Å². The molecule has 0 bridgehead atoms. The van der Waals surface area contributed by atoms with Crippen molar-refractivity contribution >= 4 is 23.6 Å². The molecule has 5 nitrogen and oxygen atoms in total. The number of hydrogen-bond acceptors (Lipinski definition) is 4. The normalized spacial score (nSPS) is 21.2. The number of amides is 2. The summed E-state index contributed by atoms with van der Waals surface area (Å²) in [6.07, 6.45) is 0. The number of hydrogen-bond donors (Lipinski definition) is 2. The zero-order chi connectivity index (χ0) is 13.7. The van der Waals surface area contributed by atoms with E-state index in [2.05, 4.69) is 10.6 Å². The largest absolute Gasteiger partial charge is 0.484 e. The van der Waals surface area contributed by atoms with Gasteiger partial charge in [-0.25, -0.2) is 0 Å². The summed E-state index contributed by atoms with van der Waals surface area (Å²) in [5, 5.41) is 5.39. The maximum atomic E-state index is 11.7. The van der Waals surface area contributed by atoms with Crippen molar-refractivity contribution in [2.75, 3.05) is 12.4 Å². The van der Waals surface area contributed by atoms with Gasteiger partial charge in [-0.3, -0.25) is 9.59 Å². The fourth-order valence-electron chi connectivity index (χ4n) is 1.69. The zero-order valence-corrected chi connectivity index (χ0v) is 11.4. The Hall–Kier alpha value is -1.69. The third-order valence-corrected chi connectivity index (χ3v) is 3.73. The highest BCUT2D eigenvalue weighted by atomic mass is 32.2. The number of thioether (sulfide) groups is 1. The summed E-state index contributed by atoms with van der Waals surface area (Å²) < 4.78 is 5.32. The molecule has 1 saturated heterocycles. The first-order valence-corrected chi connectivity index (χ1v) is 7.14. The topological polar surface area (TPSA) is 67.4 Å². The molecule has 2 amide bonds. The zero-order valence-electron chi connectivity index (χ0n) is 10.6. The standard InChI is InChI=1S/C13H16N2O3S/c1-2-19-13-11(12(17)15-13)14-10(16)8-18-9-6-4-3-5-7-9/h3-7,11,13H,2,8H2,1H3,(H,14,16)(H,15,17)/t11-,13-/m1/s1. The van der Waals surface area contributed by atoms with Gasteiger partial charge in [0.2, 0.25) is 5.91 Å². The molecule has 2 atom stereocenters. The Morgan fingerprint density at radius 3 is 2.79 bits per heavy atom. The Morgan fingerprint density at radius 1 is 1.42 bits per heavy atom. The minimum Gasteiger partial charge on any atom is -0.484 e. The Labute approximate surface area is 116 Å². The van der Waals surface area contributed by atoms with Crippen LogP contribution in [0.2, 0.25) is 0 Å². The molecule has 1 aliphatic rings. The molecule has 0 saturated carbocycles. The summed E-state index contributed by atoms with van der Waals surface area (Å²) in [6.45, 7) is 1.92. The smallest absolute Gasteiger partial charge is 0.258 e. The fourth-order valence-corrected chi connectivity index (χ4v) is 2.64. The highest BCUT2D eigenvalue weighted by Crippen LogP contribution is 2.19. The fraction of sp³-hybridized carbons (Fsp3) is 0.385. The van der Waals surface area contributed by atoms with E-state index in [1.807, 2.05) is 25.1 Å². The number of rotatable bonds is 6. The molecule has 2 rings (SSSR count). The quantitative estimate of drug-likeness (QED) is 0.755. The van der Waals surface area contributed by atoms with E-state index in [1.165, 1.54) is 0 Å². The average molecular weight is 280 g/mol. The first-order valence-electron chi connectivity index (χ1n) is 6.10. The molecular weight excluding hydrogens is 264 g/mol. The van der Waals surface area contributed by atoms with Gasteiger partial charge in [-0.1, -0.05) is 25.1 Å². The molecule has 0 aliphatic carbocycles. The number of nitrogens with one attached hydrogen (secondary N) is 2. The van der Waals surface area contributed by atoms with Crippen molar-refractivity contribution in [2.24, 2.45) is 0 Å². The first kappa shape index (κ1) is 13.7. The molecule has 1 heterocycles. The second-order valence-corrected chi connectivity index (χ2v) is 5.45. The van der Waals surface area contributed by atoms with Crippen molar-refractivity contribution < 1.29 is 14.3 Å². The Balaban J connectivity index is 1.76. The summed E-state index contributed by atoms with van der Waals surface area (Å²) in [5.74, 6) is 1.09. The molecule has 1 aromatic rings. The maximum Gasteiger partial charge on any atom is 0.258 e. The Morgan fingerprint density at radius 2 is 2.16 bits per heavy atom. The van der Waals surface area contributed by atoms with E-state index >= 15 is 0 Å². The predicted molar refractivity (Wildman–Crippen MR) is 73.9 cm³/mol. The highest BCUT2D eigenvalue weighted by Gasteiger charge is 2.40. The van der Waals surface area contributed by atoms with Crippen LogP contribution in [0.1, 0.15) is 6.92 Å². The van der Waals surface area contributed by atoms with Crippen LogP contribution < -0.4 is 15.4 Å². The maximum absolute atomic E-state index is 11.7. The molecule has 6 heteroatoms. The average Bonchev–Trinajstić information content (AvgIpc) is 2.43. The molecule has 19 heavy (non-hydrogen) atoms. The van der Waals surface area contributed by atoms with Crippen LogP contribution in [-0.4, -0.2) is 35.6 Å². The summed E-state index contributed by atoms with van der Waals surface area (Å²) >= 11 is 1.60. The number of para-hydroxylation sites is 1. The SMILES string of the molecule is CCS[C@H]1NC(=O)[C@H]1NC(=O)COc1ccccc1. The molecule has 1 fully saturated rings. The predicted octanol–water partition coefficient (Wildman–Crippen LogP) is 0.759. The monoisotopic (exact) mass is 280 g/mol. The lowest BCUT2D eigenvalue weighted by Gasteiger charge is -2.36. The molecular formula is C13H16N2O3S. The molecule has 2 N–H and O–H groups in total. The second kappa shape index (κ2) is 6.47. The molecule has 1 aromatic carbocycles. The number of benzene rings is 1. The first-order chi connectivity index (χ1) is 9.20. The van der Waals surface area contributed by atoms with Crippen LogP contribution in [0, 0.1) is 0 Å². The van der Waals surface area contributed by atoms with E-state index in [-0.39, 0.29) is 23.8 Å². The van der Waals surface area contributed by atoms with Crippen molar-refractivity contribution in [3.8, 4) is 5.75 Å². The van der Waals surface area contributed by atoms with Crippen LogP contribution in [0.3, 0.4) is 0 Å². The number of carbonyl (C=O) groups is 2. The van der Waals surface area contributed by atoms with Gasteiger partial charge in [0.15, 0.2) is 6.61 Å². The van der Waals surface area contributed by atoms with E-state index in [4.69, 9.17) is 4.74 Å². The molecule has 0 spiro atoms. The van der Waals surface area contributed by atoms with Crippen molar-refractivity contribution in [2.45, 2.75) is 18.3 Å². The summed E-state index contributed by atoms with van der Waals surface area (Å²) in [5.41, 5.74) is 0. The summed E-state index contributed by atoms with van der Waals surface area (Å²) in [4.78, 5) is 23.0. The van der Waals surface area contributed by atoms with Crippen molar-refractivity contribution in [1.82, 2.24) is 10.6 Å². The Kier molecular flexibility index (Phi) is 4.68. The van der Waals surface area contributed by atoms with E-state index in [9.17, 15) is 9.59 Å². The van der Waals surface area contributed by atoms with E-state index in [0.29, 0.717) is 5.75 Å². The van der Waals surface area contributed by atoms with Gasteiger partial charge in [0.25, 0.3) is 5.91 Å². The number of carbonyl (C=O) groups excluding carboxylic acids is 2. The minimum atomic E-state index is -0.447. The van der Waals surface area contributed by atoms with Gasteiger partial charge in [0.1, 0.15) is 17.2 Å². The van der Waals surface area contributed by atoms with Gasteiger partial charge in [0.05, 0.1) is 0 Å². The summed E-state index contributed by atoms with van der Waals surface area (Å²) in [7, 11) is 0. The van der Waals surface area contributed by atoms with Gasteiger partial charge in [-0.2, -0.15) is 0 Å². The lowest BCUT2D eigenvalue weighted by atomic mass is 10.1. The second-order valence-electron chi connectivity index (χ2n) is 4.03. The van der Waals surface area contributed by atoms with Gasteiger partial charge in [-0.15, -0.1) is 11.8 Å². The van der Waals surface area contributed by atoms with Gasteiger partial charge in [-0.05, 0) is 17.9 Å². The lowest BCUT2D eigenvalue weighted by Crippen LogP contribution is -2.68. The van der Waals surface area contributed by atoms with Gasteiger partial charge < -0.3 is 15.4 Å². The van der Waals surface area contributed by atoms with Crippen molar-refractivity contribution in [3.63, 3.8) is 0 Å². The molecule has 1 aliphatic heterocycles. The van der Waals surface area contributed by atoms with Crippen LogP contribution >= 0.6 is 11.8 Å². The van der Waals surface area contributed by atoms with Gasteiger partial charge >= 0.3 is 0 Å². The van der Waals surface area contributed by atoms with Crippen molar-refractivity contribution in [1.29, 1.82) is 0 Å². The van der Waals surface area contributed by atoms with Gasteiger partial charge in [0, 0.05) is 0 Å². The van der Waals surface area contributed by atoms with Crippen LogP contribution in [0.5, 0.6) is 5.75 Å².